The van der Waals surface area contributed by atoms with Crippen LogP contribution in [-0.2, 0) is 25.0 Å². The number of nitrogens with one attached hydrogen (secondary N) is 2. The minimum Gasteiger partial charge on any atom is -0.459 e. The molecule has 7 nitrogen and oxygen atoms in total. The summed E-state index contributed by atoms with van der Waals surface area (Å²) in [6.07, 6.45) is 5.96. The molecule has 0 atom stereocenters. The zero-order valence-corrected chi connectivity index (χ0v) is 18.6. The summed E-state index contributed by atoms with van der Waals surface area (Å²) in [6.45, 7) is 3.32. The lowest BCUT2D eigenvalue weighted by molar-refractivity contribution is 0.208. The number of rotatable bonds is 5. The quantitative estimate of drug-likeness (QED) is 0.540. The Morgan fingerprint density at radius 2 is 1.94 bits per heavy atom. The van der Waals surface area contributed by atoms with Crippen LogP contribution in [0.15, 0.2) is 27.1 Å². The summed E-state index contributed by atoms with van der Waals surface area (Å²) >= 11 is 6.61. The van der Waals surface area contributed by atoms with Crippen LogP contribution < -0.4 is 10.6 Å². The second-order valence-corrected chi connectivity index (χ2v) is 9.18. The van der Waals surface area contributed by atoms with Crippen LogP contribution in [0.4, 0.5) is 10.5 Å². The predicted molar refractivity (Wildman–Crippen MR) is 119 cm³/mol. The van der Waals surface area contributed by atoms with E-state index in [-0.39, 0.29) is 6.03 Å². The SMILES string of the molecule is CCc1cc(CN(C)Cc2cc3cc(Cl)c4c(c3o2)C2(CCCCC2)NC(=O)N4)on1. The third-order valence-corrected chi connectivity index (χ3v) is 6.71. The molecule has 1 aromatic carbocycles. The molecule has 8 heteroatoms. The maximum atomic E-state index is 12.4. The number of urea groups is 1. The Hall–Kier alpha value is -2.51. The van der Waals surface area contributed by atoms with Crippen molar-refractivity contribution < 1.29 is 13.7 Å². The third kappa shape index (κ3) is 3.70. The molecule has 2 aliphatic rings. The first-order chi connectivity index (χ1) is 15.0. The third-order valence-electron chi connectivity index (χ3n) is 6.41. The minimum absolute atomic E-state index is 0.194. The van der Waals surface area contributed by atoms with Crippen molar-refractivity contribution in [3.05, 3.63) is 46.0 Å². The Kier molecular flexibility index (Phi) is 5.18. The number of hydrogen-bond acceptors (Lipinski definition) is 5. The molecule has 1 aliphatic heterocycles. The highest BCUT2D eigenvalue weighted by atomic mass is 35.5. The molecule has 3 aromatic rings. The fourth-order valence-corrected chi connectivity index (χ4v) is 5.26. The zero-order chi connectivity index (χ0) is 21.6. The molecule has 1 aliphatic carbocycles. The number of benzene rings is 1. The van der Waals surface area contributed by atoms with Crippen LogP contribution in [0.3, 0.4) is 0 Å². The van der Waals surface area contributed by atoms with E-state index in [1.807, 2.05) is 25.2 Å². The van der Waals surface area contributed by atoms with Crippen molar-refractivity contribution in [1.29, 1.82) is 0 Å². The van der Waals surface area contributed by atoms with Gasteiger partial charge in [0.25, 0.3) is 0 Å². The summed E-state index contributed by atoms with van der Waals surface area (Å²) in [5, 5.41) is 11.7. The maximum Gasteiger partial charge on any atom is 0.319 e. The minimum atomic E-state index is -0.420. The molecule has 1 saturated carbocycles. The van der Waals surface area contributed by atoms with Crippen LogP contribution in [0.2, 0.25) is 5.02 Å². The van der Waals surface area contributed by atoms with Crippen molar-refractivity contribution in [2.75, 3.05) is 12.4 Å². The van der Waals surface area contributed by atoms with Gasteiger partial charge in [0, 0.05) is 17.0 Å². The van der Waals surface area contributed by atoms with E-state index < -0.39 is 5.54 Å². The predicted octanol–water partition coefficient (Wildman–Crippen LogP) is 5.56. The van der Waals surface area contributed by atoms with Crippen molar-refractivity contribution in [2.24, 2.45) is 0 Å². The Morgan fingerprint density at radius 3 is 2.68 bits per heavy atom. The van der Waals surface area contributed by atoms with Gasteiger partial charge in [0.2, 0.25) is 0 Å². The Balaban J connectivity index is 1.48. The fourth-order valence-electron chi connectivity index (χ4n) is 5.00. The zero-order valence-electron chi connectivity index (χ0n) is 17.9. The number of furan rings is 1. The molecule has 1 fully saturated rings. The van der Waals surface area contributed by atoms with E-state index in [1.54, 1.807) is 0 Å². The van der Waals surface area contributed by atoms with Crippen LogP contribution in [0.1, 0.15) is 61.8 Å². The molecule has 164 valence electrons. The molecule has 0 radical (unpaired) electrons. The second kappa shape index (κ2) is 7.88. The second-order valence-electron chi connectivity index (χ2n) is 8.77. The lowest BCUT2D eigenvalue weighted by atomic mass is 9.74. The number of fused-ring (bicyclic) bond motifs is 4. The number of nitrogens with zero attached hydrogens (tertiary/aromatic N) is 2. The summed E-state index contributed by atoms with van der Waals surface area (Å²) in [7, 11) is 2.02. The molecule has 3 heterocycles. The lowest BCUT2D eigenvalue weighted by Crippen LogP contribution is -2.52. The van der Waals surface area contributed by atoms with E-state index >= 15 is 0 Å². The van der Waals surface area contributed by atoms with E-state index in [9.17, 15) is 4.79 Å². The molecule has 0 bridgehead atoms. The van der Waals surface area contributed by atoms with Gasteiger partial charge in [-0.15, -0.1) is 0 Å². The van der Waals surface area contributed by atoms with E-state index in [0.717, 1.165) is 65.9 Å². The number of halogens is 1. The lowest BCUT2D eigenvalue weighted by Gasteiger charge is -2.42. The maximum absolute atomic E-state index is 12.4. The highest BCUT2D eigenvalue weighted by molar-refractivity contribution is 6.35. The normalized spacial score (nSPS) is 17.7. The first kappa shape index (κ1) is 20.4. The highest BCUT2D eigenvalue weighted by Crippen LogP contribution is 2.49. The number of aryl methyl sites for hydroxylation is 1. The fraction of sp³-hybridized carbons (Fsp3) is 0.478. The molecule has 0 unspecified atom stereocenters. The van der Waals surface area contributed by atoms with Gasteiger partial charge >= 0.3 is 6.03 Å². The number of aromatic nitrogens is 1. The van der Waals surface area contributed by atoms with Crippen molar-refractivity contribution in [2.45, 2.75) is 64.1 Å². The number of anilines is 1. The molecule has 1 spiro atoms. The molecule has 0 saturated heterocycles. The van der Waals surface area contributed by atoms with E-state index in [0.29, 0.717) is 23.8 Å². The first-order valence-electron chi connectivity index (χ1n) is 10.9. The summed E-state index contributed by atoms with van der Waals surface area (Å²) < 4.78 is 11.8. The Labute approximate surface area is 186 Å². The summed E-state index contributed by atoms with van der Waals surface area (Å²) in [4.78, 5) is 14.5. The first-order valence-corrected chi connectivity index (χ1v) is 11.3. The number of hydrogen-bond donors (Lipinski definition) is 2. The van der Waals surface area contributed by atoms with E-state index in [1.165, 1.54) is 6.42 Å². The van der Waals surface area contributed by atoms with Crippen molar-refractivity contribution in [3.8, 4) is 0 Å². The van der Waals surface area contributed by atoms with Gasteiger partial charge in [0.1, 0.15) is 11.3 Å². The van der Waals surface area contributed by atoms with Gasteiger partial charge in [0.15, 0.2) is 5.76 Å². The van der Waals surface area contributed by atoms with Gasteiger partial charge in [-0.3, -0.25) is 4.90 Å². The van der Waals surface area contributed by atoms with Crippen LogP contribution in [-0.4, -0.2) is 23.1 Å². The largest absolute Gasteiger partial charge is 0.459 e. The topological polar surface area (TPSA) is 83.5 Å². The molecule has 31 heavy (non-hydrogen) atoms. The van der Waals surface area contributed by atoms with Gasteiger partial charge in [-0.25, -0.2) is 4.79 Å². The summed E-state index contributed by atoms with van der Waals surface area (Å²) in [6, 6.07) is 5.73. The van der Waals surface area contributed by atoms with Gasteiger partial charge in [-0.05, 0) is 38.4 Å². The Morgan fingerprint density at radius 1 is 1.16 bits per heavy atom. The van der Waals surface area contributed by atoms with Crippen LogP contribution in [0.5, 0.6) is 0 Å². The van der Waals surface area contributed by atoms with Crippen LogP contribution >= 0.6 is 11.6 Å². The standard InChI is InChI=1S/C23H27ClN4O3/c1-3-15-11-17(31-27-15)13-28(2)12-16-9-14-10-18(24)20-19(21(14)30-16)23(26-22(29)25-20)7-5-4-6-8-23/h9-11H,3-8,12-13H2,1-2H3,(H2,25,26,29). The van der Waals surface area contributed by atoms with Gasteiger partial charge in [0.05, 0.1) is 35.0 Å². The average Bonchev–Trinajstić information content (AvgIpc) is 3.34. The highest BCUT2D eigenvalue weighted by Gasteiger charge is 2.43. The van der Waals surface area contributed by atoms with Gasteiger partial charge in [-0.1, -0.05) is 42.9 Å². The number of carbonyl (C=O) groups is 1. The van der Waals surface area contributed by atoms with Gasteiger partial charge in [-0.2, -0.15) is 0 Å². The molecule has 2 N–H and O–H groups in total. The van der Waals surface area contributed by atoms with Crippen LogP contribution in [0, 0.1) is 0 Å². The number of carbonyl (C=O) groups excluding carboxylic acids is 1. The summed E-state index contributed by atoms with van der Waals surface area (Å²) in [5.41, 5.74) is 3.02. The molecular formula is C23H27ClN4O3. The monoisotopic (exact) mass is 442 g/mol. The molecule has 2 aromatic heterocycles. The smallest absolute Gasteiger partial charge is 0.319 e. The Bertz CT molecular complexity index is 1130. The van der Waals surface area contributed by atoms with E-state index in [4.69, 9.17) is 20.5 Å². The van der Waals surface area contributed by atoms with Crippen molar-refractivity contribution in [3.63, 3.8) is 0 Å². The average molecular weight is 443 g/mol. The van der Waals surface area contributed by atoms with Crippen molar-refractivity contribution >= 4 is 34.3 Å². The van der Waals surface area contributed by atoms with Crippen molar-refractivity contribution in [1.82, 2.24) is 15.4 Å². The van der Waals surface area contributed by atoms with E-state index in [2.05, 4.69) is 27.6 Å². The molecule has 2 amide bonds. The number of amides is 2. The molecular weight excluding hydrogens is 416 g/mol. The van der Waals surface area contributed by atoms with Crippen LogP contribution in [0.25, 0.3) is 11.0 Å². The van der Waals surface area contributed by atoms with Gasteiger partial charge < -0.3 is 19.6 Å². The summed E-state index contributed by atoms with van der Waals surface area (Å²) in [5.74, 6) is 1.68. The molecule has 5 rings (SSSR count).